The van der Waals surface area contributed by atoms with Gasteiger partial charge in [0, 0.05) is 15.0 Å². The zero-order chi connectivity index (χ0) is 13.9. The van der Waals surface area contributed by atoms with Gasteiger partial charge in [0.15, 0.2) is 0 Å². The molecule has 0 aliphatic heterocycles. The Morgan fingerprint density at radius 3 is 2.65 bits per heavy atom. The summed E-state index contributed by atoms with van der Waals surface area (Å²) in [6.07, 6.45) is 1.58. The van der Waals surface area contributed by atoms with Crippen LogP contribution >= 0.6 is 27.3 Å². The van der Waals surface area contributed by atoms with Crippen molar-refractivity contribution in [3.05, 3.63) is 51.4 Å². The molecule has 1 unspecified atom stereocenters. The van der Waals surface area contributed by atoms with Crippen LogP contribution in [0.3, 0.4) is 0 Å². The molecule has 0 spiro atoms. The third-order valence-electron chi connectivity index (χ3n) is 2.90. The van der Waals surface area contributed by atoms with Crippen LogP contribution < -0.4 is 5.32 Å². The van der Waals surface area contributed by atoms with Gasteiger partial charge in [0.2, 0.25) is 0 Å². The number of tetrazole rings is 1. The number of nitrogens with one attached hydrogen (secondary N) is 1. The molecule has 3 rings (SSSR count). The van der Waals surface area contributed by atoms with Gasteiger partial charge in [-0.2, -0.15) is 0 Å². The van der Waals surface area contributed by atoms with Crippen molar-refractivity contribution in [3.63, 3.8) is 0 Å². The summed E-state index contributed by atoms with van der Waals surface area (Å²) in [6.45, 7) is 2.14. The van der Waals surface area contributed by atoms with E-state index in [1.165, 1.54) is 4.88 Å². The van der Waals surface area contributed by atoms with Gasteiger partial charge < -0.3 is 5.32 Å². The number of hydrogen-bond donors (Lipinski definition) is 1. The highest BCUT2D eigenvalue weighted by atomic mass is 79.9. The normalized spacial score (nSPS) is 12.3. The average molecular weight is 350 g/mol. The van der Waals surface area contributed by atoms with Gasteiger partial charge in [-0.05, 0) is 69.0 Å². The lowest BCUT2D eigenvalue weighted by Gasteiger charge is -2.14. The number of aromatic nitrogens is 4. The molecule has 0 radical (unpaired) electrons. The number of nitrogens with zero attached hydrogens (tertiary/aromatic N) is 4. The van der Waals surface area contributed by atoms with Crippen LogP contribution in [-0.2, 0) is 0 Å². The molecule has 0 amide bonds. The van der Waals surface area contributed by atoms with E-state index in [9.17, 15) is 0 Å². The maximum absolute atomic E-state index is 3.86. The van der Waals surface area contributed by atoms with Gasteiger partial charge in [-0.15, -0.1) is 16.4 Å². The second kappa shape index (κ2) is 5.72. The molecule has 0 aliphatic carbocycles. The van der Waals surface area contributed by atoms with Crippen molar-refractivity contribution in [1.82, 2.24) is 20.2 Å². The Bertz CT molecular complexity index is 677. The van der Waals surface area contributed by atoms with Crippen LogP contribution in [0.5, 0.6) is 0 Å². The minimum Gasteiger partial charge on any atom is -0.378 e. The van der Waals surface area contributed by atoms with Gasteiger partial charge in [0.1, 0.15) is 6.33 Å². The Morgan fingerprint density at radius 1 is 1.25 bits per heavy atom. The second-order valence-electron chi connectivity index (χ2n) is 4.30. The minimum absolute atomic E-state index is 0.253. The lowest BCUT2D eigenvalue weighted by Crippen LogP contribution is -2.05. The van der Waals surface area contributed by atoms with Gasteiger partial charge >= 0.3 is 0 Å². The Hall–Kier alpha value is -1.73. The predicted molar refractivity (Wildman–Crippen MR) is 83.2 cm³/mol. The van der Waals surface area contributed by atoms with E-state index < -0.39 is 0 Å². The maximum Gasteiger partial charge on any atom is 0.143 e. The van der Waals surface area contributed by atoms with E-state index in [4.69, 9.17) is 0 Å². The van der Waals surface area contributed by atoms with Crippen molar-refractivity contribution in [2.24, 2.45) is 0 Å². The highest BCUT2D eigenvalue weighted by Gasteiger charge is 2.10. The van der Waals surface area contributed by atoms with Crippen LogP contribution in [0, 0.1) is 0 Å². The number of thiophene rings is 1. The number of benzene rings is 1. The van der Waals surface area contributed by atoms with Crippen molar-refractivity contribution in [3.8, 4) is 5.69 Å². The fourth-order valence-electron chi connectivity index (χ4n) is 1.92. The molecular weight excluding hydrogens is 338 g/mol. The summed E-state index contributed by atoms with van der Waals surface area (Å²) in [5.74, 6) is 0. The van der Waals surface area contributed by atoms with E-state index >= 15 is 0 Å². The molecule has 102 valence electrons. The fraction of sp³-hybridized carbons (Fsp3) is 0.154. The molecule has 7 heteroatoms. The molecule has 2 aromatic heterocycles. The molecular formula is C13H12BrN5S. The van der Waals surface area contributed by atoms with Gasteiger partial charge in [0.25, 0.3) is 0 Å². The summed E-state index contributed by atoms with van der Waals surface area (Å²) in [5, 5.41) is 16.7. The van der Waals surface area contributed by atoms with E-state index in [1.807, 2.05) is 24.3 Å². The van der Waals surface area contributed by atoms with Gasteiger partial charge in [-0.3, -0.25) is 0 Å². The lowest BCUT2D eigenvalue weighted by atomic mass is 10.2. The van der Waals surface area contributed by atoms with Crippen LogP contribution in [0.1, 0.15) is 17.8 Å². The quantitative estimate of drug-likeness (QED) is 0.780. The summed E-state index contributed by atoms with van der Waals surface area (Å²) in [5.41, 5.74) is 2.00. The van der Waals surface area contributed by atoms with Crippen molar-refractivity contribution in [2.75, 3.05) is 5.32 Å². The zero-order valence-electron chi connectivity index (χ0n) is 10.7. The fourth-order valence-corrected chi connectivity index (χ4v) is 3.65. The first kappa shape index (κ1) is 13.3. The summed E-state index contributed by atoms with van der Waals surface area (Å²) in [7, 11) is 0. The van der Waals surface area contributed by atoms with Crippen LogP contribution in [0.2, 0.25) is 0 Å². The molecule has 20 heavy (non-hydrogen) atoms. The molecule has 2 heterocycles. The highest BCUT2D eigenvalue weighted by molar-refractivity contribution is 9.10. The van der Waals surface area contributed by atoms with Gasteiger partial charge in [-0.1, -0.05) is 0 Å². The van der Waals surface area contributed by atoms with Gasteiger partial charge in [-0.25, -0.2) is 4.68 Å². The molecule has 0 saturated carbocycles. The lowest BCUT2D eigenvalue weighted by molar-refractivity contribution is 0.789. The predicted octanol–water partition coefficient (Wildman–Crippen LogP) is 3.66. The molecule has 0 aliphatic rings. The second-order valence-corrected chi connectivity index (χ2v) is 6.10. The Balaban J connectivity index is 1.74. The number of hydrogen-bond acceptors (Lipinski definition) is 5. The first-order valence-electron chi connectivity index (χ1n) is 6.07. The van der Waals surface area contributed by atoms with E-state index in [0.717, 1.165) is 15.8 Å². The third kappa shape index (κ3) is 2.73. The average Bonchev–Trinajstić information content (AvgIpc) is 3.10. The summed E-state index contributed by atoms with van der Waals surface area (Å²) < 4.78 is 2.77. The van der Waals surface area contributed by atoms with E-state index in [-0.39, 0.29) is 6.04 Å². The number of halogens is 1. The smallest absolute Gasteiger partial charge is 0.143 e. The van der Waals surface area contributed by atoms with Gasteiger partial charge in [0.05, 0.1) is 11.7 Å². The number of rotatable bonds is 4. The van der Waals surface area contributed by atoms with E-state index in [1.54, 1.807) is 22.3 Å². The highest BCUT2D eigenvalue weighted by Crippen LogP contribution is 2.31. The third-order valence-corrected chi connectivity index (χ3v) is 4.96. The SMILES string of the molecule is CC(Nc1ccc(-n2cnnn2)cc1)c1sccc1Br. The molecule has 0 fully saturated rings. The monoisotopic (exact) mass is 349 g/mol. The minimum atomic E-state index is 0.253. The Kier molecular flexibility index (Phi) is 3.79. The summed E-state index contributed by atoms with van der Waals surface area (Å²) >= 11 is 5.30. The molecule has 5 nitrogen and oxygen atoms in total. The van der Waals surface area contributed by atoms with Crippen molar-refractivity contribution >= 4 is 33.0 Å². The maximum atomic E-state index is 3.86. The zero-order valence-corrected chi connectivity index (χ0v) is 13.1. The van der Waals surface area contributed by atoms with Crippen LogP contribution in [0.25, 0.3) is 5.69 Å². The Morgan fingerprint density at radius 2 is 2.05 bits per heavy atom. The molecule has 0 bridgehead atoms. The van der Waals surface area contributed by atoms with E-state index in [0.29, 0.717) is 0 Å². The molecule has 1 aromatic carbocycles. The van der Waals surface area contributed by atoms with Crippen LogP contribution in [0.15, 0.2) is 46.5 Å². The van der Waals surface area contributed by atoms with Crippen molar-refractivity contribution in [1.29, 1.82) is 0 Å². The molecule has 3 aromatic rings. The molecule has 1 atom stereocenters. The summed E-state index contributed by atoms with van der Waals surface area (Å²) in [4.78, 5) is 1.29. The topological polar surface area (TPSA) is 55.6 Å². The van der Waals surface area contributed by atoms with Crippen LogP contribution in [0.4, 0.5) is 5.69 Å². The molecule has 0 saturated heterocycles. The van der Waals surface area contributed by atoms with E-state index in [2.05, 4.69) is 55.1 Å². The standard InChI is InChI=1S/C13H12BrN5S/c1-9(13-12(14)6-7-20-13)16-10-2-4-11(5-3-10)19-8-15-17-18-19/h2-9,16H,1H3. The van der Waals surface area contributed by atoms with Crippen molar-refractivity contribution in [2.45, 2.75) is 13.0 Å². The summed E-state index contributed by atoms with van der Waals surface area (Å²) in [6, 6.07) is 10.3. The Labute approximate surface area is 128 Å². The first-order chi connectivity index (χ1) is 9.74. The van der Waals surface area contributed by atoms with Crippen molar-refractivity contribution < 1.29 is 0 Å². The van der Waals surface area contributed by atoms with Crippen LogP contribution in [-0.4, -0.2) is 20.2 Å². The molecule has 1 N–H and O–H groups in total. The largest absolute Gasteiger partial charge is 0.378 e. The first-order valence-corrected chi connectivity index (χ1v) is 7.74. The number of anilines is 1.